The van der Waals surface area contributed by atoms with Gasteiger partial charge in [-0.05, 0) is 49.9 Å². The van der Waals surface area contributed by atoms with Gasteiger partial charge in [-0.1, -0.05) is 0 Å². The van der Waals surface area contributed by atoms with Crippen molar-refractivity contribution in [1.29, 1.82) is 0 Å². The largest absolute Gasteiger partial charge is 0.497 e. The van der Waals surface area contributed by atoms with Crippen LogP contribution in [0.5, 0.6) is 5.75 Å². The summed E-state index contributed by atoms with van der Waals surface area (Å²) in [5.41, 5.74) is 3.68. The fourth-order valence-corrected chi connectivity index (χ4v) is 3.58. The number of rotatable bonds is 3. The van der Waals surface area contributed by atoms with Gasteiger partial charge in [-0.2, -0.15) is 0 Å². The highest BCUT2D eigenvalue weighted by atomic mass is 16.5. The van der Waals surface area contributed by atoms with E-state index in [1.165, 1.54) is 24.1 Å². The van der Waals surface area contributed by atoms with Crippen LogP contribution in [0.1, 0.15) is 24.1 Å². The van der Waals surface area contributed by atoms with E-state index < -0.39 is 0 Å². The summed E-state index contributed by atoms with van der Waals surface area (Å²) < 4.78 is 5.26. The summed E-state index contributed by atoms with van der Waals surface area (Å²) in [6.45, 7) is 4.09. The van der Waals surface area contributed by atoms with Gasteiger partial charge in [0.05, 0.1) is 7.11 Å². The van der Waals surface area contributed by atoms with Crippen molar-refractivity contribution in [3.63, 3.8) is 0 Å². The lowest BCUT2D eigenvalue weighted by Gasteiger charge is -2.32. The third-order valence-corrected chi connectivity index (χ3v) is 4.93. The minimum Gasteiger partial charge on any atom is -0.497 e. The second kappa shape index (κ2) is 6.77. The molecule has 1 fully saturated rings. The first-order valence-corrected chi connectivity index (χ1v) is 8.85. The van der Waals surface area contributed by atoms with Crippen molar-refractivity contribution in [2.45, 2.75) is 25.7 Å². The molecule has 5 heteroatoms. The third-order valence-electron chi connectivity index (χ3n) is 4.93. The van der Waals surface area contributed by atoms with E-state index in [1.807, 2.05) is 24.3 Å². The quantitative estimate of drug-likeness (QED) is 0.940. The van der Waals surface area contributed by atoms with E-state index in [-0.39, 0.29) is 0 Å². The van der Waals surface area contributed by atoms with Gasteiger partial charge in [0.15, 0.2) is 5.82 Å². The number of piperazine rings is 1. The van der Waals surface area contributed by atoms with Gasteiger partial charge in [0.2, 0.25) is 0 Å². The number of hydrogen-bond acceptors (Lipinski definition) is 5. The van der Waals surface area contributed by atoms with Crippen molar-refractivity contribution in [3.8, 4) is 17.1 Å². The molecule has 0 saturated carbocycles. The molecule has 1 saturated heterocycles. The molecule has 1 aromatic heterocycles. The highest BCUT2D eigenvalue weighted by Crippen LogP contribution is 2.31. The normalized spacial score (nSPS) is 17.5. The molecule has 0 atom stereocenters. The van der Waals surface area contributed by atoms with Gasteiger partial charge in [0, 0.05) is 43.0 Å². The minimum atomic E-state index is 0.840. The zero-order valence-corrected chi connectivity index (χ0v) is 14.2. The molecule has 0 bridgehead atoms. The number of nitrogens with zero attached hydrogens (tertiary/aromatic N) is 3. The van der Waals surface area contributed by atoms with E-state index in [9.17, 15) is 0 Å². The zero-order valence-electron chi connectivity index (χ0n) is 14.2. The van der Waals surface area contributed by atoms with Crippen molar-refractivity contribution in [2.24, 2.45) is 0 Å². The summed E-state index contributed by atoms with van der Waals surface area (Å²) in [4.78, 5) is 12.3. The molecule has 2 aliphatic rings. The van der Waals surface area contributed by atoms with Crippen molar-refractivity contribution in [3.05, 3.63) is 35.5 Å². The van der Waals surface area contributed by atoms with E-state index >= 15 is 0 Å². The lowest BCUT2D eigenvalue weighted by atomic mass is 9.95. The summed E-state index contributed by atoms with van der Waals surface area (Å²) >= 11 is 0. The number of nitrogens with one attached hydrogen (secondary N) is 1. The Balaban J connectivity index is 1.76. The van der Waals surface area contributed by atoms with E-state index in [0.717, 1.165) is 62.0 Å². The van der Waals surface area contributed by atoms with Gasteiger partial charge in [-0.3, -0.25) is 0 Å². The van der Waals surface area contributed by atoms with Crippen LogP contribution < -0.4 is 15.0 Å². The average molecular weight is 324 g/mol. The smallest absolute Gasteiger partial charge is 0.161 e. The summed E-state index contributed by atoms with van der Waals surface area (Å²) in [5, 5.41) is 3.42. The molecule has 2 heterocycles. The maximum atomic E-state index is 5.26. The van der Waals surface area contributed by atoms with Crippen LogP contribution in [0.25, 0.3) is 11.4 Å². The number of aromatic nitrogens is 2. The lowest BCUT2D eigenvalue weighted by molar-refractivity contribution is 0.415. The average Bonchev–Trinajstić information content (AvgIpc) is 2.68. The first-order valence-electron chi connectivity index (χ1n) is 8.85. The molecule has 1 aliphatic carbocycles. The van der Waals surface area contributed by atoms with Gasteiger partial charge in [-0.25, -0.2) is 9.97 Å². The Morgan fingerprint density at radius 2 is 1.75 bits per heavy atom. The first-order chi connectivity index (χ1) is 11.8. The molecular formula is C19H24N4O. The Hall–Kier alpha value is -2.14. The molecule has 1 aliphatic heterocycles. The molecule has 126 valence electrons. The maximum absolute atomic E-state index is 5.26. The molecule has 2 aromatic rings. The van der Waals surface area contributed by atoms with Gasteiger partial charge in [-0.15, -0.1) is 0 Å². The maximum Gasteiger partial charge on any atom is 0.161 e. The molecule has 0 radical (unpaired) electrons. The molecule has 5 nitrogen and oxygen atoms in total. The van der Waals surface area contributed by atoms with Crippen molar-refractivity contribution >= 4 is 5.82 Å². The van der Waals surface area contributed by atoms with E-state index in [1.54, 1.807) is 7.11 Å². The van der Waals surface area contributed by atoms with Crippen molar-refractivity contribution < 1.29 is 4.74 Å². The van der Waals surface area contributed by atoms with Crippen LogP contribution in [-0.2, 0) is 12.8 Å². The number of fused-ring (bicyclic) bond motifs is 1. The zero-order chi connectivity index (χ0) is 16.4. The number of benzene rings is 1. The fourth-order valence-electron chi connectivity index (χ4n) is 3.58. The molecular weight excluding hydrogens is 300 g/mol. The van der Waals surface area contributed by atoms with Crippen LogP contribution >= 0.6 is 0 Å². The van der Waals surface area contributed by atoms with Crippen LogP contribution in [0.2, 0.25) is 0 Å². The number of methoxy groups -OCH3 is 1. The Kier molecular flexibility index (Phi) is 4.34. The van der Waals surface area contributed by atoms with E-state index in [4.69, 9.17) is 14.7 Å². The van der Waals surface area contributed by atoms with Crippen LogP contribution in [0.15, 0.2) is 24.3 Å². The third kappa shape index (κ3) is 2.96. The molecule has 4 rings (SSSR count). The number of aryl methyl sites for hydroxylation is 1. The summed E-state index contributed by atoms with van der Waals surface area (Å²) in [6, 6.07) is 8.04. The Morgan fingerprint density at radius 1 is 1.00 bits per heavy atom. The van der Waals surface area contributed by atoms with Gasteiger partial charge in [0.25, 0.3) is 0 Å². The Morgan fingerprint density at radius 3 is 2.50 bits per heavy atom. The van der Waals surface area contributed by atoms with Crippen LogP contribution in [0.3, 0.4) is 0 Å². The van der Waals surface area contributed by atoms with Crippen molar-refractivity contribution in [2.75, 3.05) is 38.2 Å². The predicted molar refractivity (Wildman–Crippen MR) is 95.7 cm³/mol. The van der Waals surface area contributed by atoms with Crippen LogP contribution in [-0.4, -0.2) is 43.3 Å². The van der Waals surface area contributed by atoms with Gasteiger partial charge < -0.3 is 15.0 Å². The summed E-state index contributed by atoms with van der Waals surface area (Å²) in [7, 11) is 1.69. The predicted octanol–water partition coefficient (Wildman–Crippen LogP) is 2.44. The monoisotopic (exact) mass is 324 g/mol. The molecule has 0 unspecified atom stereocenters. The Bertz CT molecular complexity index is 708. The highest BCUT2D eigenvalue weighted by molar-refractivity contribution is 5.62. The molecule has 1 aromatic carbocycles. The van der Waals surface area contributed by atoms with E-state index in [0.29, 0.717) is 0 Å². The molecule has 0 amide bonds. The van der Waals surface area contributed by atoms with E-state index in [2.05, 4.69) is 10.2 Å². The highest BCUT2D eigenvalue weighted by Gasteiger charge is 2.23. The molecule has 0 spiro atoms. The summed E-state index contributed by atoms with van der Waals surface area (Å²) in [6.07, 6.45) is 4.65. The molecule has 24 heavy (non-hydrogen) atoms. The minimum absolute atomic E-state index is 0.840. The fraction of sp³-hybridized carbons (Fsp3) is 0.474. The Labute approximate surface area is 143 Å². The SMILES string of the molecule is COc1ccc(-c2nc3c(c(N4CCNCC4)n2)CCCC3)cc1. The van der Waals surface area contributed by atoms with Gasteiger partial charge in [0.1, 0.15) is 11.6 Å². The standard InChI is InChI=1S/C19H24N4O/c1-24-15-8-6-14(7-9-15)18-21-17-5-3-2-4-16(17)19(22-18)23-12-10-20-11-13-23/h6-9,20H,2-5,10-13H2,1H3. The second-order valence-corrected chi connectivity index (χ2v) is 6.47. The summed E-state index contributed by atoms with van der Waals surface area (Å²) in [5.74, 6) is 2.86. The topological polar surface area (TPSA) is 50.3 Å². The lowest BCUT2D eigenvalue weighted by Crippen LogP contribution is -2.44. The number of hydrogen-bond donors (Lipinski definition) is 1. The van der Waals surface area contributed by atoms with Gasteiger partial charge >= 0.3 is 0 Å². The number of ether oxygens (including phenoxy) is 1. The number of anilines is 1. The van der Waals surface area contributed by atoms with Crippen LogP contribution in [0, 0.1) is 0 Å². The molecule has 1 N–H and O–H groups in total. The second-order valence-electron chi connectivity index (χ2n) is 6.47. The van der Waals surface area contributed by atoms with Crippen LogP contribution in [0.4, 0.5) is 5.82 Å². The van der Waals surface area contributed by atoms with Crippen molar-refractivity contribution in [1.82, 2.24) is 15.3 Å². The first kappa shape index (κ1) is 15.4.